The second-order valence-electron chi connectivity index (χ2n) is 3.68. The number of alkyl halides is 3. The zero-order chi connectivity index (χ0) is 13.8. The van der Waals surface area contributed by atoms with Gasteiger partial charge in [0.1, 0.15) is 0 Å². The van der Waals surface area contributed by atoms with Crippen molar-refractivity contribution in [1.82, 2.24) is 9.71 Å². The van der Waals surface area contributed by atoms with E-state index in [0.29, 0.717) is 5.69 Å². The van der Waals surface area contributed by atoms with E-state index in [-0.39, 0.29) is 24.4 Å². The molecule has 104 valence electrons. The first-order valence-electron chi connectivity index (χ1n) is 5.18. The van der Waals surface area contributed by atoms with Gasteiger partial charge in [-0.1, -0.05) is 0 Å². The number of nitrogens with one attached hydrogen (secondary N) is 2. The van der Waals surface area contributed by atoms with Gasteiger partial charge >= 0.3 is 6.18 Å². The standard InChI is InChI=1S/C9H14F3N3O2S/c10-9(11,12)2-1-3-15-18(16,17)8-4-7(5-13)14-6-8/h4,6,14-15H,1-3,5,13H2. The number of aromatic nitrogens is 1. The molecule has 0 atom stereocenters. The molecule has 0 spiro atoms. The maximum atomic E-state index is 11.9. The van der Waals surface area contributed by atoms with Crippen LogP contribution < -0.4 is 10.5 Å². The number of hydrogen-bond donors (Lipinski definition) is 3. The molecule has 18 heavy (non-hydrogen) atoms. The van der Waals surface area contributed by atoms with E-state index in [1.165, 1.54) is 12.3 Å². The Morgan fingerprint density at radius 1 is 1.39 bits per heavy atom. The maximum Gasteiger partial charge on any atom is 0.389 e. The van der Waals surface area contributed by atoms with Gasteiger partial charge in [-0.3, -0.25) is 0 Å². The van der Waals surface area contributed by atoms with Crippen molar-refractivity contribution in [3.8, 4) is 0 Å². The molecule has 1 aromatic heterocycles. The number of nitrogens with two attached hydrogens (primary N) is 1. The monoisotopic (exact) mass is 285 g/mol. The second-order valence-corrected chi connectivity index (χ2v) is 5.45. The van der Waals surface area contributed by atoms with Crippen molar-refractivity contribution in [1.29, 1.82) is 0 Å². The predicted molar refractivity (Wildman–Crippen MR) is 59.2 cm³/mol. The van der Waals surface area contributed by atoms with Crippen LogP contribution in [0.1, 0.15) is 18.5 Å². The van der Waals surface area contributed by atoms with Crippen LogP contribution in [0, 0.1) is 0 Å². The summed E-state index contributed by atoms with van der Waals surface area (Å²) in [7, 11) is -3.77. The molecule has 0 aliphatic rings. The van der Waals surface area contributed by atoms with E-state index in [0.717, 1.165) is 0 Å². The van der Waals surface area contributed by atoms with E-state index in [1.54, 1.807) is 0 Å². The Kier molecular flexibility index (Phi) is 4.77. The zero-order valence-electron chi connectivity index (χ0n) is 9.42. The van der Waals surface area contributed by atoms with Crippen molar-refractivity contribution in [2.45, 2.75) is 30.5 Å². The molecule has 5 nitrogen and oxygen atoms in total. The van der Waals surface area contributed by atoms with Crippen LogP contribution in [0.3, 0.4) is 0 Å². The summed E-state index contributed by atoms with van der Waals surface area (Å²) in [5.41, 5.74) is 5.84. The van der Waals surface area contributed by atoms with Crippen LogP contribution in [-0.2, 0) is 16.6 Å². The number of H-pyrrole nitrogens is 1. The predicted octanol–water partition coefficient (Wildman–Crippen LogP) is 1.09. The summed E-state index contributed by atoms with van der Waals surface area (Å²) >= 11 is 0. The minimum atomic E-state index is -4.27. The minimum Gasteiger partial charge on any atom is -0.363 e. The molecule has 1 rings (SSSR count). The van der Waals surface area contributed by atoms with Crippen molar-refractivity contribution >= 4 is 10.0 Å². The molecule has 0 aliphatic carbocycles. The Morgan fingerprint density at radius 2 is 2.06 bits per heavy atom. The Bertz CT molecular complexity index is 481. The molecular formula is C9H14F3N3O2S. The fourth-order valence-electron chi connectivity index (χ4n) is 1.27. The molecule has 1 aromatic rings. The van der Waals surface area contributed by atoms with E-state index in [1.807, 2.05) is 0 Å². The molecule has 0 radical (unpaired) electrons. The molecule has 0 bridgehead atoms. The Morgan fingerprint density at radius 3 is 2.56 bits per heavy atom. The van der Waals surface area contributed by atoms with Gasteiger partial charge in [0.05, 0.1) is 4.90 Å². The van der Waals surface area contributed by atoms with E-state index in [2.05, 4.69) is 9.71 Å². The summed E-state index contributed by atoms with van der Waals surface area (Å²) in [6.07, 6.45) is -4.34. The number of hydrogen-bond acceptors (Lipinski definition) is 3. The summed E-state index contributed by atoms with van der Waals surface area (Å²) < 4.78 is 60.9. The average molecular weight is 285 g/mol. The van der Waals surface area contributed by atoms with Crippen LogP contribution in [-0.4, -0.2) is 26.1 Å². The molecule has 0 aromatic carbocycles. The second kappa shape index (κ2) is 5.72. The SMILES string of the molecule is NCc1cc(S(=O)(=O)NCCCC(F)(F)F)c[nH]1. The molecular weight excluding hydrogens is 271 g/mol. The van der Waals surface area contributed by atoms with Crippen molar-refractivity contribution < 1.29 is 21.6 Å². The lowest BCUT2D eigenvalue weighted by Crippen LogP contribution is -2.25. The fourth-order valence-corrected chi connectivity index (χ4v) is 2.36. The molecule has 0 aliphatic heterocycles. The molecule has 0 amide bonds. The first-order valence-corrected chi connectivity index (χ1v) is 6.67. The van der Waals surface area contributed by atoms with E-state index < -0.39 is 22.6 Å². The molecule has 9 heteroatoms. The molecule has 0 unspecified atom stereocenters. The van der Waals surface area contributed by atoms with Gasteiger partial charge in [-0.25, -0.2) is 13.1 Å². The third kappa shape index (κ3) is 4.67. The zero-order valence-corrected chi connectivity index (χ0v) is 10.2. The lowest BCUT2D eigenvalue weighted by atomic mass is 10.3. The van der Waals surface area contributed by atoms with Crippen LogP contribution in [0.25, 0.3) is 0 Å². The third-order valence-corrected chi connectivity index (χ3v) is 3.62. The topological polar surface area (TPSA) is 88.0 Å². The van der Waals surface area contributed by atoms with Crippen LogP contribution in [0.15, 0.2) is 17.2 Å². The van der Waals surface area contributed by atoms with Gasteiger partial charge in [-0.2, -0.15) is 13.2 Å². The van der Waals surface area contributed by atoms with Crippen LogP contribution >= 0.6 is 0 Å². The molecule has 0 saturated heterocycles. The van der Waals surface area contributed by atoms with Crippen molar-refractivity contribution in [3.05, 3.63) is 18.0 Å². The van der Waals surface area contributed by atoms with Gasteiger partial charge in [-0.05, 0) is 12.5 Å². The van der Waals surface area contributed by atoms with Crippen LogP contribution in [0.4, 0.5) is 13.2 Å². The lowest BCUT2D eigenvalue weighted by molar-refractivity contribution is -0.135. The highest BCUT2D eigenvalue weighted by atomic mass is 32.2. The van der Waals surface area contributed by atoms with E-state index in [9.17, 15) is 21.6 Å². The van der Waals surface area contributed by atoms with Crippen molar-refractivity contribution in [3.63, 3.8) is 0 Å². The van der Waals surface area contributed by atoms with Crippen molar-refractivity contribution in [2.24, 2.45) is 5.73 Å². The van der Waals surface area contributed by atoms with Gasteiger partial charge in [-0.15, -0.1) is 0 Å². The summed E-state index contributed by atoms with van der Waals surface area (Å²) in [6.45, 7) is -0.103. The number of aromatic amines is 1. The lowest BCUT2D eigenvalue weighted by Gasteiger charge is -2.07. The number of rotatable bonds is 6. The molecule has 4 N–H and O–H groups in total. The van der Waals surface area contributed by atoms with E-state index in [4.69, 9.17) is 5.73 Å². The summed E-state index contributed by atoms with van der Waals surface area (Å²) in [4.78, 5) is 2.62. The number of sulfonamides is 1. The fraction of sp³-hybridized carbons (Fsp3) is 0.556. The average Bonchev–Trinajstić information content (AvgIpc) is 2.72. The largest absolute Gasteiger partial charge is 0.389 e. The number of halogens is 3. The highest BCUT2D eigenvalue weighted by molar-refractivity contribution is 7.89. The van der Waals surface area contributed by atoms with Crippen LogP contribution in [0.5, 0.6) is 0 Å². The quantitative estimate of drug-likeness (QED) is 0.684. The molecule has 0 saturated carbocycles. The highest BCUT2D eigenvalue weighted by Crippen LogP contribution is 2.21. The van der Waals surface area contributed by atoms with Gasteiger partial charge in [0, 0.05) is 31.4 Å². The summed E-state index contributed by atoms with van der Waals surface area (Å²) in [5, 5.41) is 0. The third-order valence-electron chi connectivity index (χ3n) is 2.18. The van der Waals surface area contributed by atoms with Crippen molar-refractivity contribution in [2.75, 3.05) is 6.54 Å². The van der Waals surface area contributed by atoms with Gasteiger partial charge < -0.3 is 10.7 Å². The van der Waals surface area contributed by atoms with Crippen LogP contribution in [0.2, 0.25) is 0 Å². The minimum absolute atomic E-state index is 0.0324. The van der Waals surface area contributed by atoms with E-state index >= 15 is 0 Å². The smallest absolute Gasteiger partial charge is 0.363 e. The van der Waals surface area contributed by atoms with Gasteiger partial charge in [0.2, 0.25) is 10.0 Å². The summed E-state index contributed by atoms with van der Waals surface area (Å²) in [5.74, 6) is 0. The molecule has 1 heterocycles. The normalized spacial score (nSPS) is 12.9. The highest BCUT2D eigenvalue weighted by Gasteiger charge is 2.26. The maximum absolute atomic E-state index is 11.9. The molecule has 0 fully saturated rings. The Hall–Kier alpha value is -1.06. The first kappa shape index (κ1) is 15.0. The summed E-state index contributed by atoms with van der Waals surface area (Å²) in [6, 6.07) is 1.34. The Balaban J connectivity index is 2.50. The Labute approximate surface area is 103 Å². The van der Waals surface area contributed by atoms with Gasteiger partial charge in [0.15, 0.2) is 0 Å². The van der Waals surface area contributed by atoms with Gasteiger partial charge in [0.25, 0.3) is 0 Å². The first-order chi connectivity index (χ1) is 8.24.